The standard InChI is InChI=1S/C6H6.C3H6N6.H3O2P/c1-2-4-6-5-3-1;4-1-7-2(5)9-3(6)8-1;1-3-2/h1-6H;(H6,4,5,6,7,8,9);3H2,(H,1,2). The van der Waals surface area contributed by atoms with Gasteiger partial charge in [-0.25, -0.2) is 0 Å². The third kappa shape index (κ3) is 9.08. The third-order valence-electron chi connectivity index (χ3n) is 1.35. The van der Waals surface area contributed by atoms with Gasteiger partial charge in [0.15, 0.2) is 8.69 Å². The molecule has 1 aromatic heterocycles. The van der Waals surface area contributed by atoms with Crippen molar-refractivity contribution in [1.82, 2.24) is 15.0 Å². The van der Waals surface area contributed by atoms with E-state index in [2.05, 4.69) is 15.0 Å². The van der Waals surface area contributed by atoms with Crippen LogP contribution in [0.1, 0.15) is 0 Å². The van der Waals surface area contributed by atoms with Gasteiger partial charge in [0, 0.05) is 0 Å². The van der Waals surface area contributed by atoms with E-state index in [1.54, 1.807) is 0 Å². The topological polar surface area (TPSA) is 154 Å². The second kappa shape index (κ2) is 10.0. The smallest absolute Gasteiger partial charge is 0.226 e. The van der Waals surface area contributed by atoms with Crippen molar-refractivity contribution >= 4 is 26.5 Å². The van der Waals surface area contributed by atoms with Crippen LogP contribution in [-0.2, 0) is 4.57 Å². The number of hydrogen-bond donors (Lipinski definition) is 4. The first-order valence-corrected chi connectivity index (χ1v) is 5.69. The summed E-state index contributed by atoms with van der Waals surface area (Å²) in [4.78, 5) is 17.6. The molecular weight excluding hydrogens is 255 g/mol. The first-order chi connectivity index (χ1) is 8.60. The van der Waals surface area contributed by atoms with Gasteiger partial charge in [0.25, 0.3) is 0 Å². The Balaban J connectivity index is 0.000000278. The van der Waals surface area contributed by atoms with Gasteiger partial charge in [0.2, 0.25) is 17.8 Å². The van der Waals surface area contributed by atoms with Crippen LogP contribution in [0.25, 0.3) is 0 Å². The molecule has 0 saturated heterocycles. The lowest BCUT2D eigenvalue weighted by Crippen LogP contribution is -2.05. The number of nitrogen functional groups attached to an aromatic ring is 3. The summed E-state index contributed by atoms with van der Waals surface area (Å²) in [5, 5.41) is 0. The van der Waals surface area contributed by atoms with Crippen LogP contribution in [0.4, 0.5) is 17.8 Å². The van der Waals surface area contributed by atoms with Gasteiger partial charge in [0.05, 0.1) is 0 Å². The minimum Gasteiger partial charge on any atom is -0.368 e. The zero-order valence-corrected chi connectivity index (χ0v) is 10.6. The van der Waals surface area contributed by atoms with E-state index >= 15 is 0 Å². The molecular formula is C9H15N6O2P. The molecule has 0 fully saturated rings. The summed E-state index contributed by atoms with van der Waals surface area (Å²) in [5.74, 6) is 0.125. The average molecular weight is 270 g/mol. The van der Waals surface area contributed by atoms with E-state index < -0.39 is 8.69 Å². The third-order valence-corrected chi connectivity index (χ3v) is 1.35. The van der Waals surface area contributed by atoms with Gasteiger partial charge in [-0.1, -0.05) is 36.4 Å². The molecule has 0 aliphatic heterocycles. The van der Waals surface area contributed by atoms with Crippen molar-refractivity contribution in [2.45, 2.75) is 0 Å². The maximum absolute atomic E-state index is 8.57. The Hall–Kier alpha value is -2.18. The van der Waals surface area contributed by atoms with Gasteiger partial charge in [-0.15, -0.1) is 0 Å². The minimum atomic E-state index is -1.50. The molecule has 1 heterocycles. The zero-order chi connectivity index (χ0) is 13.8. The van der Waals surface area contributed by atoms with Crippen molar-refractivity contribution in [1.29, 1.82) is 0 Å². The first-order valence-electron chi connectivity index (χ1n) is 4.70. The number of nitrogens with two attached hydrogens (primary N) is 3. The first kappa shape index (κ1) is 15.8. The molecule has 7 N–H and O–H groups in total. The monoisotopic (exact) mass is 270 g/mol. The highest BCUT2D eigenvalue weighted by Crippen LogP contribution is 1.97. The SMILES string of the molecule is Nc1nc(N)nc(N)n1.O=[PH2]O.c1ccccc1. The largest absolute Gasteiger partial charge is 0.368 e. The molecule has 1 unspecified atom stereocenters. The molecule has 1 atom stereocenters. The number of hydrogen-bond acceptors (Lipinski definition) is 7. The van der Waals surface area contributed by atoms with Crippen LogP contribution in [0.15, 0.2) is 36.4 Å². The normalized spacial score (nSPS) is 8.94. The summed E-state index contributed by atoms with van der Waals surface area (Å²) in [5.41, 5.74) is 15.4. The predicted molar refractivity (Wildman–Crippen MR) is 72.1 cm³/mol. The number of aromatic nitrogens is 3. The fourth-order valence-corrected chi connectivity index (χ4v) is 0.812. The highest BCUT2D eigenvalue weighted by molar-refractivity contribution is 7.16. The lowest BCUT2D eigenvalue weighted by molar-refractivity contribution is 0.524. The Morgan fingerprint density at radius 1 is 0.778 bits per heavy atom. The summed E-state index contributed by atoms with van der Waals surface area (Å²) >= 11 is 0. The minimum absolute atomic E-state index is 0.0417. The number of rotatable bonds is 0. The van der Waals surface area contributed by atoms with E-state index in [1.165, 1.54) is 0 Å². The molecule has 98 valence electrons. The van der Waals surface area contributed by atoms with Crippen molar-refractivity contribution in [3.05, 3.63) is 36.4 Å². The highest BCUT2D eigenvalue weighted by atomic mass is 31.1. The van der Waals surface area contributed by atoms with Gasteiger partial charge in [-0.05, 0) is 0 Å². The molecule has 8 nitrogen and oxygen atoms in total. The molecule has 0 aliphatic carbocycles. The summed E-state index contributed by atoms with van der Waals surface area (Å²) in [6.07, 6.45) is 0. The van der Waals surface area contributed by atoms with Gasteiger partial charge in [0.1, 0.15) is 0 Å². The Labute approximate surface area is 105 Å². The lowest BCUT2D eigenvalue weighted by atomic mass is 10.4. The predicted octanol–water partition coefficient (Wildman–Crippen LogP) is -0.0452. The van der Waals surface area contributed by atoms with Crippen LogP contribution in [0.3, 0.4) is 0 Å². The van der Waals surface area contributed by atoms with Crippen molar-refractivity contribution in [3.63, 3.8) is 0 Å². The molecule has 9 heteroatoms. The fraction of sp³-hybridized carbons (Fsp3) is 0. The van der Waals surface area contributed by atoms with Crippen molar-refractivity contribution < 1.29 is 9.46 Å². The molecule has 0 radical (unpaired) electrons. The molecule has 0 aliphatic rings. The Kier molecular flexibility index (Phi) is 8.79. The Morgan fingerprint density at radius 3 is 1.11 bits per heavy atom. The van der Waals surface area contributed by atoms with Crippen LogP contribution < -0.4 is 17.2 Å². The van der Waals surface area contributed by atoms with Crippen LogP contribution in [0.2, 0.25) is 0 Å². The van der Waals surface area contributed by atoms with Crippen LogP contribution >= 0.6 is 8.69 Å². The lowest BCUT2D eigenvalue weighted by Gasteiger charge is -1.93. The molecule has 0 saturated carbocycles. The Morgan fingerprint density at radius 2 is 0.944 bits per heavy atom. The van der Waals surface area contributed by atoms with E-state index in [1.807, 2.05) is 36.4 Å². The fourth-order valence-electron chi connectivity index (χ4n) is 0.812. The summed E-state index contributed by atoms with van der Waals surface area (Å²) in [7, 11) is -1.50. The maximum atomic E-state index is 8.57. The van der Waals surface area contributed by atoms with E-state index in [0.717, 1.165) is 0 Å². The average Bonchev–Trinajstić information content (AvgIpc) is 2.31. The molecule has 0 bridgehead atoms. The van der Waals surface area contributed by atoms with Gasteiger partial charge in [-0.3, -0.25) is 4.57 Å². The number of anilines is 3. The number of benzene rings is 1. The van der Waals surface area contributed by atoms with Crippen LogP contribution in [0.5, 0.6) is 0 Å². The van der Waals surface area contributed by atoms with Crippen molar-refractivity contribution in [2.24, 2.45) is 0 Å². The van der Waals surface area contributed by atoms with Gasteiger partial charge < -0.3 is 22.1 Å². The zero-order valence-electron chi connectivity index (χ0n) is 9.47. The van der Waals surface area contributed by atoms with Crippen LogP contribution in [-0.4, -0.2) is 19.8 Å². The summed E-state index contributed by atoms with van der Waals surface area (Å²) in [6.45, 7) is 0. The van der Waals surface area contributed by atoms with Gasteiger partial charge in [-0.2, -0.15) is 15.0 Å². The molecule has 2 aromatic rings. The molecule has 1 aromatic carbocycles. The maximum Gasteiger partial charge on any atom is 0.226 e. The molecule has 0 amide bonds. The second-order valence-corrected chi connectivity index (χ2v) is 2.88. The molecule has 0 spiro atoms. The van der Waals surface area contributed by atoms with Crippen molar-refractivity contribution in [3.8, 4) is 0 Å². The second-order valence-electron chi connectivity index (χ2n) is 2.67. The quantitative estimate of drug-likeness (QED) is 0.486. The highest BCUT2D eigenvalue weighted by Gasteiger charge is 1.93. The summed E-state index contributed by atoms with van der Waals surface area (Å²) in [6, 6.07) is 12.0. The molecule has 2 rings (SSSR count). The van der Waals surface area contributed by atoms with E-state index in [-0.39, 0.29) is 17.8 Å². The van der Waals surface area contributed by atoms with E-state index in [9.17, 15) is 0 Å². The van der Waals surface area contributed by atoms with E-state index in [4.69, 9.17) is 26.7 Å². The van der Waals surface area contributed by atoms with E-state index in [0.29, 0.717) is 0 Å². The van der Waals surface area contributed by atoms with Gasteiger partial charge >= 0.3 is 0 Å². The molecule has 18 heavy (non-hydrogen) atoms. The number of nitrogens with zero attached hydrogens (tertiary/aromatic N) is 3. The summed E-state index contributed by atoms with van der Waals surface area (Å²) < 4.78 is 8.57. The van der Waals surface area contributed by atoms with Crippen LogP contribution in [0, 0.1) is 0 Å². The van der Waals surface area contributed by atoms with Crippen molar-refractivity contribution in [2.75, 3.05) is 17.2 Å². The Bertz CT molecular complexity index is 379.